The number of nitrogens with zero attached hydrogens (tertiary/aromatic N) is 2. The maximum atomic E-state index is 5.69. The molecule has 0 radical (unpaired) electrons. The zero-order chi connectivity index (χ0) is 17.8. The van der Waals surface area contributed by atoms with Crippen LogP contribution >= 0.6 is 0 Å². The fourth-order valence-electron chi connectivity index (χ4n) is 8.57. The van der Waals surface area contributed by atoms with Gasteiger partial charge in [-0.3, -0.25) is 9.89 Å². The topological polar surface area (TPSA) is 24.8 Å². The molecular formula is C24H30N2O. The lowest BCUT2D eigenvalue weighted by atomic mass is 9.43. The van der Waals surface area contributed by atoms with Gasteiger partial charge in [-0.05, 0) is 92.0 Å². The number of ether oxygens (including phenoxy) is 1. The van der Waals surface area contributed by atoms with Gasteiger partial charge in [0.1, 0.15) is 5.75 Å². The second-order valence-corrected chi connectivity index (χ2v) is 10.4. The molecule has 1 aromatic rings. The van der Waals surface area contributed by atoms with E-state index in [0.717, 1.165) is 29.5 Å². The number of benzene rings is 1. The molecule has 3 heteroatoms. The predicted molar refractivity (Wildman–Crippen MR) is 107 cm³/mol. The Bertz CT molecular complexity index is 845. The molecule has 4 fully saturated rings. The monoisotopic (exact) mass is 362 g/mol. The first-order valence-electron chi connectivity index (χ1n) is 11.2. The first kappa shape index (κ1) is 15.6. The Morgan fingerprint density at radius 2 is 2.15 bits per heavy atom. The molecule has 2 aliphatic heterocycles. The SMILES string of the molecule is COc1ccc2c(c1)[C@@]13CCN(CC4CC4)[C@H](C2)[C@]12CC[C@H]1N=C[C@@H](C2)[C@H]13. The molecule has 0 aromatic heterocycles. The fraction of sp³-hybridized carbons (Fsp3) is 0.708. The van der Waals surface area contributed by atoms with Crippen molar-refractivity contribution in [3.8, 4) is 5.75 Å². The van der Waals surface area contributed by atoms with Crippen molar-refractivity contribution >= 4 is 6.21 Å². The summed E-state index contributed by atoms with van der Waals surface area (Å²) in [5, 5.41) is 0. The summed E-state index contributed by atoms with van der Waals surface area (Å²) in [5.74, 6) is 3.52. The average Bonchev–Trinajstić information content (AvgIpc) is 3.35. The third-order valence-corrected chi connectivity index (χ3v) is 9.56. The molecule has 6 atom stereocenters. The molecule has 3 nitrogen and oxygen atoms in total. The molecule has 4 bridgehead atoms. The number of hydrogen-bond donors (Lipinski definition) is 0. The van der Waals surface area contributed by atoms with E-state index in [-0.39, 0.29) is 0 Å². The minimum atomic E-state index is 0.351. The highest BCUT2D eigenvalue weighted by atomic mass is 16.5. The Morgan fingerprint density at radius 3 is 3.00 bits per heavy atom. The second-order valence-electron chi connectivity index (χ2n) is 10.4. The Morgan fingerprint density at radius 1 is 1.22 bits per heavy atom. The molecule has 1 aromatic carbocycles. The summed E-state index contributed by atoms with van der Waals surface area (Å²) < 4.78 is 5.69. The number of piperidine rings is 1. The van der Waals surface area contributed by atoms with Gasteiger partial charge in [0.15, 0.2) is 0 Å². The molecule has 0 unspecified atom stereocenters. The number of likely N-dealkylation sites (tertiary alicyclic amines) is 1. The van der Waals surface area contributed by atoms with Crippen LogP contribution < -0.4 is 4.74 Å². The van der Waals surface area contributed by atoms with Crippen molar-refractivity contribution in [2.24, 2.45) is 28.2 Å². The Labute approximate surface area is 162 Å². The summed E-state index contributed by atoms with van der Waals surface area (Å²) in [5.41, 5.74) is 4.11. The van der Waals surface area contributed by atoms with Crippen LogP contribution in [0.5, 0.6) is 5.75 Å². The van der Waals surface area contributed by atoms with E-state index in [0.29, 0.717) is 16.9 Å². The van der Waals surface area contributed by atoms with Crippen molar-refractivity contribution < 1.29 is 4.74 Å². The van der Waals surface area contributed by atoms with Crippen LogP contribution in [0.2, 0.25) is 0 Å². The van der Waals surface area contributed by atoms with Crippen LogP contribution in [0.15, 0.2) is 23.2 Å². The molecule has 0 spiro atoms. The standard InChI is InChI=1S/C24H30N2O/c1-27-18-5-4-16-10-21-23-7-6-20-22(17(12-23)13-25-20)24(23,19(16)11-18)8-9-26(21)14-15-2-3-15/h4-5,11,13,15,17,20-22H,2-3,6-10,12,14H2,1H3/t17-,20-,21-,22-,23-,24-/m1/s1. The van der Waals surface area contributed by atoms with E-state index in [9.17, 15) is 0 Å². The number of fused-ring (bicyclic) bond motifs is 1. The molecule has 1 saturated heterocycles. The average molecular weight is 363 g/mol. The van der Waals surface area contributed by atoms with Gasteiger partial charge < -0.3 is 4.74 Å². The first-order chi connectivity index (χ1) is 13.2. The van der Waals surface area contributed by atoms with Crippen molar-refractivity contribution in [3.63, 3.8) is 0 Å². The van der Waals surface area contributed by atoms with Crippen LogP contribution in [0, 0.1) is 23.2 Å². The Kier molecular flexibility index (Phi) is 2.87. The van der Waals surface area contributed by atoms with Crippen molar-refractivity contribution in [1.82, 2.24) is 4.90 Å². The summed E-state index contributed by atoms with van der Waals surface area (Å²) >= 11 is 0. The van der Waals surface area contributed by atoms with Gasteiger partial charge in [-0.2, -0.15) is 0 Å². The molecule has 27 heavy (non-hydrogen) atoms. The van der Waals surface area contributed by atoms with E-state index in [2.05, 4.69) is 29.3 Å². The van der Waals surface area contributed by atoms with E-state index in [4.69, 9.17) is 9.73 Å². The molecule has 142 valence electrons. The van der Waals surface area contributed by atoms with Gasteiger partial charge >= 0.3 is 0 Å². The summed E-state index contributed by atoms with van der Waals surface area (Å²) in [7, 11) is 1.82. The largest absolute Gasteiger partial charge is 0.497 e. The third-order valence-electron chi connectivity index (χ3n) is 9.56. The summed E-state index contributed by atoms with van der Waals surface area (Å²) in [6, 6.07) is 8.36. The lowest BCUT2D eigenvalue weighted by Gasteiger charge is -2.66. The molecule has 4 aliphatic carbocycles. The van der Waals surface area contributed by atoms with Crippen LogP contribution in [0.4, 0.5) is 0 Å². The number of rotatable bonds is 3. The smallest absolute Gasteiger partial charge is 0.119 e. The quantitative estimate of drug-likeness (QED) is 0.816. The zero-order valence-corrected chi connectivity index (χ0v) is 16.4. The molecular weight excluding hydrogens is 332 g/mol. The summed E-state index contributed by atoms with van der Waals surface area (Å²) in [4.78, 5) is 7.98. The normalized spacial score (nSPS) is 46.3. The zero-order valence-electron chi connectivity index (χ0n) is 16.4. The molecule has 3 saturated carbocycles. The summed E-state index contributed by atoms with van der Waals surface area (Å²) in [6.45, 7) is 2.66. The minimum absolute atomic E-state index is 0.351. The number of hydrogen-bond acceptors (Lipinski definition) is 3. The van der Waals surface area contributed by atoms with Crippen molar-refractivity contribution in [1.29, 1.82) is 0 Å². The Hall–Kier alpha value is -1.35. The molecule has 7 rings (SSSR count). The van der Waals surface area contributed by atoms with Crippen LogP contribution in [0.1, 0.15) is 49.7 Å². The number of aliphatic imine (C=N–C) groups is 1. The van der Waals surface area contributed by atoms with E-state index in [1.165, 1.54) is 58.0 Å². The molecule has 2 heterocycles. The van der Waals surface area contributed by atoms with Crippen LogP contribution in [-0.4, -0.2) is 43.4 Å². The fourth-order valence-corrected chi connectivity index (χ4v) is 8.57. The van der Waals surface area contributed by atoms with Gasteiger partial charge in [0, 0.05) is 30.1 Å². The van der Waals surface area contributed by atoms with E-state index >= 15 is 0 Å². The maximum Gasteiger partial charge on any atom is 0.119 e. The van der Waals surface area contributed by atoms with Crippen LogP contribution in [0.25, 0.3) is 0 Å². The van der Waals surface area contributed by atoms with Crippen molar-refractivity contribution in [2.75, 3.05) is 20.2 Å². The van der Waals surface area contributed by atoms with Gasteiger partial charge in [-0.15, -0.1) is 0 Å². The van der Waals surface area contributed by atoms with E-state index in [1.54, 1.807) is 11.1 Å². The highest BCUT2D eigenvalue weighted by Crippen LogP contribution is 2.74. The predicted octanol–water partition coefficient (Wildman–Crippen LogP) is 3.84. The second kappa shape index (κ2) is 4.97. The van der Waals surface area contributed by atoms with Crippen LogP contribution in [-0.2, 0) is 11.8 Å². The summed E-state index contributed by atoms with van der Waals surface area (Å²) in [6.07, 6.45) is 12.0. The van der Waals surface area contributed by atoms with Crippen molar-refractivity contribution in [2.45, 2.75) is 62.4 Å². The van der Waals surface area contributed by atoms with Gasteiger partial charge in [0.25, 0.3) is 0 Å². The lowest BCUT2D eigenvalue weighted by molar-refractivity contribution is -0.0919. The van der Waals surface area contributed by atoms with Crippen molar-refractivity contribution in [3.05, 3.63) is 29.3 Å². The molecule has 6 aliphatic rings. The van der Waals surface area contributed by atoms with E-state index < -0.39 is 0 Å². The maximum absolute atomic E-state index is 5.69. The highest BCUT2D eigenvalue weighted by Gasteiger charge is 2.74. The van der Waals surface area contributed by atoms with Crippen LogP contribution in [0.3, 0.4) is 0 Å². The molecule has 0 N–H and O–H groups in total. The van der Waals surface area contributed by atoms with Gasteiger partial charge in [0.2, 0.25) is 0 Å². The van der Waals surface area contributed by atoms with Gasteiger partial charge in [-0.1, -0.05) is 6.07 Å². The molecule has 0 amide bonds. The first-order valence-corrected chi connectivity index (χ1v) is 11.2. The van der Waals surface area contributed by atoms with Gasteiger partial charge in [0.05, 0.1) is 13.2 Å². The lowest BCUT2D eigenvalue weighted by Crippen LogP contribution is -2.68. The third kappa shape index (κ3) is 1.72. The van der Waals surface area contributed by atoms with E-state index in [1.807, 2.05) is 7.11 Å². The minimum Gasteiger partial charge on any atom is -0.497 e. The Balaban J connectivity index is 1.45. The number of methoxy groups -OCH3 is 1. The van der Waals surface area contributed by atoms with Gasteiger partial charge in [-0.25, -0.2) is 0 Å². The highest BCUT2D eigenvalue weighted by molar-refractivity contribution is 5.69.